The lowest BCUT2D eigenvalue weighted by Crippen LogP contribution is -2.62. The van der Waals surface area contributed by atoms with Crippen LogP contribution >= 0.6 is 0 Å². The third kappa shape index (κ3) is 35.2. The number of cyclic esters (lactones) is 1. The molecule has 15 amide bonds. The van der Waals surface area contributed by atoms with E-state index in [4.69, 9.17) is 16.2 Å². The molecule has 0 unspecified atom stereocenters. The van der Waals surface area contributed by atoms with Crippen LogP contribution in [0, 0.1) is 11.3 Å². The topological polar surface area (TPSA) is 742 Å². The number of carbonyl (C=O) groups excluding carboxylic acids is 17. The van der Waals surface area contributed by atoms with E-state index in [-0.39, 0.29) is 37.1 Å². The molecule has 0 aliphatic carbocycles. The van der Waals surface area contributed by atoms with Crippen molar-refractivity contribution in [3.63, 3.8) is 0 Å². The first-order valence-electron chi connectivity index (χ1n) is 39.6. The fraction of sp³-hybridized carbons (Fsp3) is 0.538. The number of Topliss-reactive ketones (excluding diaryl/α,β-unsaturated/α-hetero) is 1. The Hall–Kier alpha value is -13.7. The van der Waals surface area contributed by atoms with Crippen molar-refractivity contribution in [3.8, 4) is 0 Å². The lowest BCUT2D eigenvalue weighted by molar-refractivity contribution is -0.156. The highest BCUT2D eigenvalue weighted by Crippen LogP contribution is 2.23. The van der Waals surface area contributed by atoms with Crippen LogP contribution in [0.15, 0.2) is 54.7 Å². The maximum absolute atomic E-state index is 14.9. The second kappa shape index (κ2) is 50.5. The zero-order valence-electron chi connectivity index (χ0n) is 69.0. The number of rotatable bonds is 39. The van der Waals surface area contributed by atoms with Gasteiger partial charge in [0.1, 0.15) is 72.6 Å². The summed E-state index contributed by atoms with van der Waals surface area (Å²) in [5, 5.41) is 90.8. The van der Waals surface area contributed by atoms with Gasteiger partial charge in [0.05, 0.1) is 57.2 Å². The molecule has 13 atom stereocenters. The summed E-state index contributed by atoms with van der Waals surface area (Å²) in [5.41, 5.74) is 10.7. The quantitative estimate of drug-likeness (QED) is 0.0110. The average molecular weight is 1750 g/mol. The molecule has 25 N–H and O–H groups in total. The van der Waals surface area contributed by atoms with Crippen molar-refractivity contribution in [2.75, 3.05) is 32.0 Å². The van der Waals surface area contributed by atoms with Gasteiger partial charge in [-0.25, -0.2) is 4.79 Å². The van der Waals surface area contributed by atoms with Gasteiger partial charge in [0.15, 0.2) is 5.78 Å². The Morgan fingerprint density at radius 3 is 1.69 bits per heavy atom. The zero-order chi connectivity index (χ0) is 92.8. The molecule has 46 heteroatoms. The number of aliphatic carboxylic acids is 5. The number of ketones is 1. The zero-order valence-corrected chi connectivity index (χ0v) is 69.0. The van der Waals surface area contributed by atoms with Crippen molar-refractivity contribution in [2.45, 2.75) is 230 Å². The number of aromatic amines is 1. The standard InChI is InChI=1S/C78H109N17O29/c1-7-8-9-10-11-12-13-24-56(99)87-47(27-41-34-82-45-22-17-15-19-42(41)45)70(115)90-48(29-55(80)98)71(116)92-51(32-63(109)110)72(117)95-65-40(4)124-76(121)52(28-54(97)43-20-14-16-21-44(43)79)93-75(120)64(38(2)26-60(103)104)94-73(118)53(37-96)88-59(102)35-83-67(112)49(30-61(105)106)89-66(111)39(3)85-69(114)50(31-62(107)108)91-68(113)46(86-58(101)36-84-74(65)119)23-18-25-81-57(100)33-78(5,6)77(122)123/h14-17,19-22,34,38-40,46-53,64-65,82,96H,7-13,18,23-33,35-37,79H2,1-6H3,(H2,80,98)(H,81,100)(H,83,112)(H,84,119)(H,85,114)(H,86,101)(H,87,99)(H,88,102)(H,89,111)(H,90,115)(H,91,113)(H,92,116)(H,93,120)(H,94,118)(H,95,117)(H,103,104)(H,105,106)(H,107,108)(H,109,110)(H,122,123)/t38-,39-,40-,46+,47+,48+,49+,50+,51+,52+,53-,64+,65+/m1/s1. The van der Waals surface area contributed by atoms with E-state index in [1.165, 1.54) is 38.1 Å². The van der Waals surface area contributed by atoms with Gasteiger partial charge in [0.25, 0.3) is 0 Å². The summed E-state index contributed by atoms with van der Waals surface area (Å²) in [7, 11) is 0. The van der Waals surface area contributed by atoms with Crippen molar-refractivity contribution in [3.05, 3.63) is 65.9 Å². The van der Waals surface area contributed by atoms with Gasteiger partial charge in [-0.1, -0.05) is 82.7 Å². The minimum absolute atomic E-state index is 0.0388. The van der Waals surface area contributed by atoms with Crippen LogP contribution in [0.4, 0.5) is 5.69 Å². The minimum atomic E-state index is -2.52. The average Bonchev–Trinajstić information content (AvgIpc) is 1.62. The Labute approximate surface area is 709 Å². The molecule has 2 aromatic carbocycles. The van der Waals surface area contributed by atoms with Crippen LogP contribution in [-0.2, 0) is 112 Å². The Bertz CT molecular complexity index is 4420. The second-order valence-electron chi connectivity index (χ2n) is 30.2. The van der Waals surface area contributed by atoms with Crippen LogP contribution in [0.25, 0.3) is 10.9 Å². The maximum atomic E-state index is 14.9. The molecular formula is C78H109N17O29. The summed E-state index contributed by atoms with van der Waals surface area (Å²) in [4.78, 5) is 303. The SMILES string of the molecule is CCCCCCCCCC(=O)N[C@@H](Cc1c[nH]c2ccccc12)C(=O)N[C@@H](CC(N)=O)C(=O)N[C@@H](CC(=O)O)C(=O)N[C@@H]1C(=O)NCC(=O)N[C@@H](CCCNC(=O)CC(C)(C)C(=O)O)C(=O)N[C@@H](CC(=O)O)C(=O)N[C@H](C)C(=O)N[C@@H](CC(=O)O)C(=O)NCC(=O)N[C@H](CO)C(=O)N[C@@H]([C@H](C)CC(=O)O)C(=O)N[C@@H](CC(=O)c2ccccc2N)C(=O)O[C@@H]1C. The van der Waals surface area contributed by atoms with Crippen molar-refractivity contribution >= 4 is 147 Å². The number of carboxylic acid groups (broad SMARTS) is 5. The summed E-state index contributed by atoms with van der Waals surface area (Å²) < 4.78 is 5.70. The second-order valence-corrected chi connectivity index (χ2v) is 30.2. The number of carboxylic acids is 5. The van der Waals surface area contributed by atoms with E-state index < -0.39 is 285 Å². The molecule has 0 bridgehead atoms. The minimum Gasteiger partial charge on any atom is -0.481 e. The van der Waals surface area contributed by atoms with E-state index in [1.807, 2.05) is 16.0 Å². The predicted octanol–water partition coefficient (Wildman–Crippen LogP) is -4.96. The van der Waals surface area contributed by atoms with Gasteiger partial charge < -0.3 is 126 Å². The molecule has 124 heavy (non-hydrogen) atoms. The first kappa shape index (κ1) is 103. The number of anilines is 1. The third-order valence-corrected chi connectivity index (χ3v) is 19.3. The van der Waals surface area contributed by atoms with Crippen molar-refractivity contribution < 1.29 is 141 Å². The molecule has 1 fully saturated rings. The molecule has 3 aromatic rings. The van der Waals surface area contributed by atoms with E-state index in [0.717, 1.165) is 52.9 Å². The summed E-state index contributed by atoms with van der Waals surface area (Å²) in [6.45, 7) is 3.12. The smallest absolute Gasteiger partial charge is 0.329 e. The molecular weight excluding hydrogens is 1640 g/mol. The number of para-hydroxylation sites is 2. The molecule has 1 aliphatic heterocycles. The Kier molecular flexibility index (Phi) is 41.8. The third-order valence-electron chi connectivity index (χ3n) is 19.3. The van der Waals surface area contributed by atoms with Crippen LogP contribution < -0.4 is 85.9 Å². The number of hydrogen-bond donors (Lipinski definition) is 23. The number of aliphatic hydroxyl groups is 1. The highest BCUT2D eigenvalue weighted by atomic mass is 16.5. The number of hydrogen-bond acceptors (Lipinski definition) is 25. The summed E-state index contributed by atoms with van der Waals surface area (Å²) in [6, 6.07) is -11.4. The number of aromatic nitrogens is 1. The van der Waals surface area contributed by atoms with Gasteiger partial charge in [-0.3, -0.25) is 101 Å². The number of fused-ring (bicyclic) bond motifs is 1. The molecule has 1 saturated heterocycles. The maximum Gasteiger partial charge on any atom is 0.329 e. The molecule has 46 nitrogen and oxygen atoms in total. The Morgan fingerprint density at radius 1 is 0.548 bits per heavy atom. The number of nitrogens with two attached hydrogens (primary N) is 2. The molecule has 680 valence electrons. The molecule has 0 saturated carbocycles. The van der Waals surface area contributed by atoms with E-state index in [1.54, 1.807) is 30.5 Å². The number of amides is 15. The number of esters is 1. The van der Waals surface area contributed by atoms with Crippen LogP contribution in [0.2, 0.25) is 0 Å². The highest BCUT2D eigenvalue weighted by Gasteiger charge is 2.42. The fourth-order valence-corrected chi connectivity index (χ4v) is 12.5. The number of H-pyrrole nitrogens is 1. The van der Waals surface area contributed by atoms with Gasteiger partial charge >= 0.3 is 35.8 Å². The summed E-state index contributed by atoms with van der Waals surface area (Å²) in [6.07, 6.45) is -3.84. The number of primary amides is 1. The van der Waals surface area contributed by atoms with E-state index >= 15 is 0 Å². The number of carbonyl (C=O) groups is 22. The van der Waals surface area contributed by atoms with Crippen molar-refractivity contribution in [1.82, 2.24) is 79.4 Å². The lowest BCUT2D eigenvalue weighted by atomic mass is 9.89. The van der Waals surface area contributed by atoms with E-state index in [0.29, 0.717) is 29.3 Å². The molecule has 0 radical (unpaired) electrons. The molecule has 0 spiro atoms. The normalized spacial score (nSPS) is 20.6. The lowest BCUT2D eigenvalue weighted by Gasteiger charge is -2.30. The summed E-state index contributed by atoms with van der Waals surface area (Å²) >= 11 is 0. The highest BCUT2D eigenvalue weighted by molar-refractivity contribution is 6.05. The molecule has 1 aliphatic rings. The monoisotopic (exact) mass is 1750 g/mol. The van der Waals surface area contributed by atoms with Crippen LogP contribution in [0.1, 0.15) is 167 Å². The van der Waals surface area contributed by atoms with E-state index in [2.05, 4.69) is 70.4 Å². The first-order chi connectivity index (χ1) is 58.3. The first-order valence-corrected chi connectivity index (χ1v) is 39.6. The fourth-order valence-electron chi connectivity index (χ4n) is 12.5. The van der Waals surface area contributed by atoms with Gasteiger partial charge in [-0.05, 0) is 76.6 Å². The van der Waals surface area contributed by atoms with Gasteiger partial charge in [-0.15, -0.1) is 0 Å². The Balaban J connectivity index is 1.93. The molecule has 1 aromatic heterocycles. The van der Waals surface area contributed by atoms with Crippen LogP contribution in [0.5, 0.6) is 0 Å². The van der Waals surface area contributed by atoms with Gasteiger partial charge in [0, 0.05) is 60.6 Å². The summed E-state index contributed by atoms with van der Waals surface area (Å²) in [5.74, 6) is -32.8. The number of benzene rings is 2. The van der Waals surface area contributed by atoms with Gasteiger partial charge in [0.2, 0.25) is 88.6 Å². The number of nitrogen functional groups attached to an aromatic ring is 1. The van der Waals surface area contributed by atoms with Crippen molar-refractivity contribution in [2.24, 2.45) is 17.1 Å². The number of unbranched alkanes of at least 4 members (excludes halogenated alkanes) is 6. The number of ether oxygens (including phenoxy) is 1. The number of nitrogens with one attached hydrogen (secondary N) is 15. The predicted molar refractivity (Wildman–Crippen MR) is 430 cm³/mol. The van der Waals surface area contributed by atoms with Crippen LogP contribution in [0.3, 0.4) is 0 Å². The van der Waals surface area contributed by atoms with E-state index in [9.17, 15) is 136 Å². The number of aliphatic hydroxyl groups excluding tert-OH is 1. The van der Waals surface area contributed by atoms with Crippen LogP contribution in [-0.4, -0.2) is 265 Å². The largest absolute Gasteiger partial charge is 0.481 e. The van der Waals surface area contributed by atoms with Gasteiger partial charge in [-0.2, -0.15) is 0 Å². The molecule has 4 rings (SSSR count). The Morgan fingerprint density at radius 2 is 1.09 bits per heavy atom. The molecule has 2 heterocycles. The van der Waals surface area contributed by atoms with Crippen molar-refractivity contribution in [1.29, 1.82) is 0 Å².